The Labute approximate surface area is 94.8 Å². The molecule has 0 aromatic heterocycles. The number of rotatable bonds is 3. The van der Waals surface area contributed by atoms with E-state index in [4.69, 9.17) is 5.73 Å². The highest BCUT2D eigenvalue weighted by Crippen LogP contribution is 2.43. The van der Waals surface area contributed by atoms with Crippen LogP contribution in [0.15, 0.2) is 0 Å². The van der Waals surface area contributed by atoms with E-state index in [2.05, 4.69) is 0 Å². The zero-order valence-electron chi connectivity index (χ0n) is 10.1. The summed E-state index contributed by atoms with van der Waals surface area (Å²) in [7, 11) is 0. The Hall–Kier alpha value is -0.0400. The predicted octanol–water partition coefficient (Wildman–Crippen LogP) is 3.87. The molecular formula is C14H27N. The van der Waals surface area contributed by atoms with Crippen molar-refractivity contribution < 1.29 is 0 Å². The summed E-state index contributed by atoms with van der Waals surface area (Å²) in [6, 6.07) is 0. The summed E-state index contributed by atoms with van der Waals surface area (Å²) in [4.78, 5) is 0. The third-order valence-electron chi connectivity index (χ3n) is 4.79. The van der Waals surface area contributed by atoms with Crippen molar-refractivity contribution in [2.45, 2.75) is 70.6 Å². The molecule has 2 fully saturated rings. The Kier molecular flexibility index (Phi) is 4.07. The maximum Gasteiger partial charge on any atom is -0.00204 e. The fraction of sp³-hybridized carbons (Fsp3) is 1.00. The summed E-state index contributed by atoms with van der Waals surface area (Å²) in [5.74, 6) is 1.02. The van der Waals surface area contributed by atoms with Gasteiger partial charge in [-0.3, -0.25) is 0 Å². The smallest absolute Gasteiger partial charge is 0.00204 e. The number of hydrogen-bond acceptors (Lipinski definition) is 1. The Morgan fingerprint density at radius 3 is 2.00 bits per heavy atom. The highest BCUT2D eigenvalue weighted by molar-refractivity contribution is 4.86. The molecule has 88 valence electrons. The molecule has 0 aromatic rings. The third-order valence-corrected chi connectivity index (χ3v) is 4.79. The van der Waals surface area contributed by atoms with Gasteiger partial charge < -0.3 is 5.73 Å². The summed E-state index contributed by atoms with van der Waals surface area (Å²) >= 11 is 0. The monoisotopic (exact) mass is 209 g/mol. The molecule has 2 rings (SSSR count). The standard InChI is InChI=1S/C14H27N/c15-12-14(9-5-1-2-6-10-14)11-13-7-3-4-8-13/h13H,1-12,15H2. The van der Waals surface area contributed by atoms with Gasteiger partial charge in [0, 0.05) is 0 Å². The van der Waals surface area contributed by atoms with Crippen molar-refractivity contribution in [1.29, 1.82) is 0 Å². The van der Waals surface area contributed by atoms with Gasteiger partial charge in [0.25, 0.3) is 0 Å². The maximum absolute atomic E-state index is 6.09. The summed E-state index contributed by atoms with van der Waals surface area (Å²) in [6.07, 6.45) is 16.0. The number of hydrogen-bond donors (Lipinski definition) is 1. The van der Waals surface area contributed by atoms with Gasteiger partial charge in [0.05, 0.1) is 0 Å². The van der Waals surface area contributed by atoms with Crippen LogP contribution in [0.2, 0.25) is 0 Å². The second kappa shape index (κ2) is 5.34. The zero-order valence-corrected chi connectivity index (χ0v) is 10.1. The van der Waals surface area contributed by atoms with Crippen molar-refractivity contribution in [1.82, 2.24) is 0 Å². The van der Waals surface area contributed by atoms with E-state index in [-0.39, 0.29) is 0 Å². The molecule has 0 heterocycles. The molecule has 0 saturated heterocycles. The van der Waals surface area contributed by atoms with Crippen molar-refractivity contribution in [3.63, 3.8) is 0 Å². The zero-order chi connectivity index (χ0) is 10.6. The van der Waals surface area contributed by atoms with Gasteiger partial charge in [-0.1, -0.05) is 51.4 Å². The number of nitrogens with two attached hydrogens (primary N) is 1. The lowest BCUT2D eigenvalue weighted by Crippen LogP contribution is -2.32. The predicted molar refractivity (Wildman–Crippen MR) is 65.8 cm³/mol. The Bertz CT molecular complexity index is 174. The molecule has 0 radical (unpaired) electrons. The van der Waals surface area contributed by atoms with Gasteiger partial charge in [0.2, 0.25) is 0 Å². The van der Waals surface area contributed by atoms with E-state index in [0.717, 1.165) is 12.5 Å². The van der Waals surface area contributed by atoms with Crippen LogP contribution in [0.25, 0.3) is 0 Å². The quantitative estimate of drug-likeness (QED) is 0.702. The summed E-state index contributed by atoms with van der Waals surface area (Å²) in [6.45, 7) is 0.948. The van der Waals surface area contributed by atoms with Crippen LogP contribution in [0.4, 0.5) is 0 Å². The SMILES string of the molecule is NCC1(CC2CCCC2)CCCCCC1. The minimum Gasteiger partial charge on any atom is -0.330 e. The normalized spacial score (nSPS) is 27.8. The van der Waals surface area contributed by atoms with E-state index in [9.17, 15) is 0 Å². The van der Waals surface area contributed by atoms with Crippen LogP contribution in [-0.4, -0.2) is 6.54 Å². The molecule has 2 saturated carbocycles. The molecule has 15 heavy (non-hydrogen) atoms. The van der Waals surface area contributed by atoms with Crippen molar-refractivity contribution in [2.24, 2.45) is 17.1 Å². The average molecular weight is 209 g/mol. The first-order chi connectivity index (χ1) is 7.35. The second-order valence-electron chi connectivity index (χ2n) is 5.97. The Morgan fingerprint density at radius 1 is 0.867 bits per heavy atom. The molecule has 1 nitrogen and oxygen atoms in total. The third kappa shape index (κ3) is 2.96. The lowest BCUT2D eigenvalue weighted by molar-refractivity contribution is 0.191. The molecule has 0 bridgehead atoms. The fourth-order valence-corrected chi connectivity index (χ4v) is 3.80. The minimum absolute atomic E-state index is 0.547. The van der Waals surface area contributed by atoms with Gasteiger partial charge in [0.15, 0.2) is 0 Å². The molecule has 2 N–H and O–H groups in total. The highest BCUT2D eigenvalue weighted by Gasteiger charge is 2.33. The first kappa shape index (κ1) is 11.4. The largest absolute Gasteiger partial charge is 0.330 e. The van der Waals surface area contributed by atoms with Gasteiger partial charge in [-0.2, -0.15) is 0 Å². The first-order valence-electron chi connectivity index (χ1n) is 7.05. The van der Waals surface area contributed by atoms with Crippen LogP contribution in [-0.2, 0) is 0 Å². The van der Waals surface area contributed by atoms with Crippen molar-refractivity contribution in [2.75, 3.05) is 6.54 Å². The minimum atomic E-state index is 0.547. The molecule has 1 heteroatoms. The van der Waals surface area contributed by atoms with Crippen molar-refractivity contribution in [3.8, 4) is 0 Å². The van der Waals surface area contributed by atoms with E-state index in [0.29, 0.717) is 5.41 Å². The first-order valence-corrected chi connectivity index (χ1v) is 7.05. The molecule has 2 aliphatic rings. The van der Waals surface area contributed by atoms with Crippen LogP contribution in [0.1, 0.15) is 70.6 Å². The molecular weight excluding hydrogens is 182 g/mol. The Morgan fingerprint density at radius 2 is 1.47 bits per heavy atom. The van der Waals surface area contributed by atoms with Crippen LogP contribution >= 0.6 is 0 Å². The summed E-state index contributed by atoms with van der Waals surface area (Å²) < 4.78 is 0. The van der Waals surface area contributed by atoms with E-state index < -0.39 is 0 Å². The molecule has 0 spiro atoms. The summed E-state index contributed by atoms with van der Waals surface area (Å²) in [5, 5.41) is 0. The Balaban J connectivity index is 1.92. The van der Waals surface area contributed by atoms with E-state index in [1.54, 1.807) is 0 Å². The highest BCUT2D eigenvalue weighted by atomic mass is 14.6. The molecule has 0 unspecified atom stereocenters. The van der Waals surface area contributed by atoms with Gasteiger partial charge >= 0.3 is 0 Å². The van der Waals surface area contributed by atoms with E-state index in [1.165, 1.54) is 70.6 Å². The van der Waals surface area contributed by atoms with E-state index in [1.807, 2.05) is 0 Å². The van der Waals surface area contributed by atoms with Crippen LogP contribution < -0.4 is 5.73 Å². The molecule has 0 aliphatic heterocycles. The average Bonchev–Trinajstić information content (AvgIpc) is 2.64. The lowest BCUT2D eigenvalue weighted by atomic mass is 9.73. The maximum atomic E-state index is 6.09. The van der Waals surface area contributed by atoms with Gasteiger partial charge in [-0.25, -0.2) is 0 Å². The second-order valence-corrected chi connectivity index (χ2v) is 5.97. The van der Waals surface area contributed by atoms with Crippen LogP contribution in [0.5, 0.6) is 0 Å². The molecule has 0 aromatic carbocycles. The van der Waals surface area contributed by atoms with Crippen molar-refractivity contribution >= 4 is 0 Å². The lowest BCUT2D eigenvalue weighted by Gasteiger charge is -2.34. The van der Waals surface area contributed by atoms with Gasteiger partial charge in [0.1, 0.15) is 0 Å². The van der Waals surface area contributed by atoms with Gasteiger partial charge in [-0.15, -0.1) is 0 Å². The van der Waals surface area contributed by atoms with Gasteiger partial charge in [-0.05, 0) is 37.1 Å². The van der Waals surface area contributed by atoms with E-state index >= 15 is 0 Å². The van der Waals surface area contributed by atoms with Crippen LogP contribution in [0, 0.1) is 11.3 Å². The molecule has 0 amide bonds. The fourth-order valence-electron chi connectivity index (χ4n) is 3.80. The topological polar surface area (TPSA) is 26.0 Å². The van der Waals surface area contributed by atoms with Crippen molar-refractivity contribution in [3.05, 3.63) is 0 Å². The van der Waals surface area contributed by atoms with Crippen LogP contribution in [0.3, 0.4) is 0 Å². The summed E-state index contributed by atoms with van der Waals surface area (Å²) in [5.41, 5.74) is 6.63. The molecule has 2 aliphatic carbocycles. The molecule has 0 atom stereocenters.